The van der Waals surface area contributed by atoms with Gasteiger partial charge < -0.3 is 18.8 Å². The fourth-order valence-electron chi connectivity index (χ4n) is 3.68. The number of hydrogen-bond acceptors (Lipinski definition) is 3. The van der Waals surface area contributed by atoms with Crippen LogP contribution in [0.25, 0.3) is 0 Å². The number of halogens is 1. The number of amides is 2. The Balaban J connectivity index is 1.75. The fourth-order valence-corrected chi connectivity index (χ4v) is 3.68. The van der Waals surface area contributed by atoms with Crippen molar-refractivity contribution in [1.29, 1.82) is 0 Å². The maximum atomic E-state index is 14.2. The molecule has 0 bridgehead atoms. The average molecular weight is 440 g/mol. The van der Waals surface area contributed by atoms with Crippen molar-refractivity contribution in [3.05, 3.63) is 83.3 Å². The summed E-state index contributed by atoms with van der Waals surface area (Å²) in [4.78, 5) is 28.8. The van der Waals surface area contributed by atoms with Gasteiger partial charge in [-0.05, 0) is 56.7 Å². The molecule has 0 N–H and O–H groups in total. The van der Waals surface area contributed by atoms with Gasteiger partial charge in [-0.25, -0.2) is 4.39 Å². The van der Waals surface area contributed by atoms with Gasteiger partial charge in [-0.1, -0.05) is 19.1 Å². The van der Waals surface area contributed by atoms with E-state index in [0.717, 1.165) is 12.1 Å². The first-order chi connectivity index (χ1) is 15.5. The Morgan fingerprint density at radius 2 is 1.69 bits per heavy atom. The molecule has 3 aromatic rings. The molecule has 0 unspecified atom stereocenters. The lowest BCUT2D eigenvalue weighted by atomic mass is 10.1. The molecule has 1 aromatic carbocycles. The van der Waals surface area contributed by atoms with Gasteiger partial charge in [-0.15, -0.1) is 0 Å². The molecule has 0 aliphatic rings. The lowest BCUT2D eigenvalue weighted by Gasteiger charge is -2.23. The molecule has 32 heavy (non-hydrogen) atoms. The predicted molar refractivity (Wildman–Crippen MR) is 121 cm³/mol. The smallest absolute Gasteiger partial charge is 0.289 e. The van der Waals surface area contributed by atoms with Crippen LogP contribution in [0.4, 0.5) is 4.39 Å². The molecule has 0 radical (unpaired) electrons. The number of rotatable bonds is 10. The SMILES string of the molecule is CCCN(Cc1cccn1Cc1ccc(C(=O)N(CC)CC)o1)C(=O)c1ccccc1F. The topological polar surface area (TPSA) is 58.7 Å². The molecule has 0 fully saturated rings. The highest BCUT2D eigenvalue weighted by molar-refractivity contribution is 5.94. The van der Waals surface area contributed by atoms with Crippen LogP contribution >= 0.6 is 0 Å². The minimum atomic E-state index is -0.519. The second kappa shape index (κ2) is 10.8. The number of furan rings is 1. The van der Waals surface area contributed by atoms with Gasteiger partial charge in [0.15, 0.2) is 5.76 Å². The third kappa shape index (κ3) is 5.28. The second-order valence-corrected chi connectivity index (χ2v) is 7.58. The van der Waals surface area contributed by atoms with Crippen LogP contribution in [0, 0.1) is 5.82 Å². The van der Waals surface area contributed by atoms with E-state index in [0.29, 0.717) is 44.2 Å². The second-order valence-electron chi connectivity index (χ2n) is 7.58. The van der Waals surface area contributed by atoms with Gasteiger partial charge in [0, 0.05) is 31.5 Å². The Morgan fingerprint density at radius 1 is 0.938 bits per heavy atom. The van der Waals surface area contributed by atoms with Gasteiger partial charge in [0.1, 0.15) is 11.6 Å². The lowest BCUT2D eigenvalue weighted by Crippen LogP contribution is -2.32. The number of carbonyl (C=O) groups excluding carboxylic acids is 2. The quantitative estimate of drug-likeness (QED) is 0.456. The molecule has 2 heterocycles. The van der Waals surface area contributed by atoms with Crippen molar-refractivity contribution >= 4 is 11.8 Å². The molecule has 0 saturated carbocycles. The summed E-state index contributed by atoms with van der Waals surface area (Å²) < 4.78 is 21.9. The van der Waals surface area contributed by atoms with E-state index in [1.54, 1.807) is 34.1 Å². The van der Waals surface area contributed by atoms with Crippen molar-refractivity contribution in [3.63, 3.8) is 0 Å². The standard InChI is InChI=1S/C25H30FN3O3/c1-4-15-29(24(30)21-11-7-8-12-22(21)26)17-19-10-9-16-28(19)18-20-13-14-23(32-20)25(31)27(5-2)6-3/h7-14,16H,4-6,15,17-18H2,1-3H3. The Bertz CT molecular complexity index is 1050. The highest BCUT2D eigenvalue weighted by atomic mass is 19.1. The van der Waals surface area contributed by atoms with Crippen molar-refractivity contribution in [2.75, 3.05) is 19.6 Å². The first-order valence-electron chi connectivity index (χ1n) is 11.0. The average Bonchev–Trinajstić information content (AvgIpc) is 3.44. The fraction of sp³-hybridized carbons (Fsp3) is 0.360. The zero-order valence-corrected chi connectivity index (χ0v) is 18.9. The Morgan fingerprint density at radius 3 is 2.38 bits per heavy atom. The molecule has 0 aliphatic heterocycles. The summed E-state index contributed by atoms with van der Waals surface area (Å²) in [6.45, 7) is 8.39. The van der Waals surface area contributed by atoms with Crippen LogP contribution in [0.2, 0.25) is 0 Å². The maximum absolute atomic E-state index is 14.2. The van der Waals surface area contributed by atoms with E-state index >= 15 is 0 Å². The Labute approximate surface area is 188 Å². The number of carbonyl (C=O) groups is 2. The minimum absolute atomic E-state index is 0.0737. The van der Waals surface area contributed by atoms with Crippen LogP contribution in [-0.2, 0) is 13.1 Å². The lowest BCUT2D eigenvalue weighted by molar-refractivity contribution is 0.0727. The van der Waals surface area contributed by atoms with Crippen LogP contribution in [0.3, 0.4) is 0 Å². The van der Waals surface area contributed by atoms with Gasteiger partial charge in [0.2, 0.25) is 0 Å². The third-order valence-electron chi connectivity index (χ3n) is 5.41. The first-order valence-corrected chi connectivity index (χ1v) is 11.0. The number of hydrogen-bond donors (Lipinski definition) is 0. The molecular weight excluding hydrogens is 409 g/mol. The van der Waals surface area contributed by atoms with Gasteiger partial charge >= 0.3 is 0 Å². The van der Waals surface area contributed by atoms with E-state index < -0.39 is 5.82 Å². The maximum Gasteiger partial charge on any atom is 0.289 e. The number of nitrogens with zero attached hydrogens (tertiary/aromatic N) is 3. The Hall–Kier alpha value is -3.35. The molecule has 2 aromatic heterocycles. The van der Waals surface area contributed by atoms with E-state index in [2.05, 4.69) is 0 Å². The summed E-state index contributed by atoms with van der Waals surface area (Å²) in [6, 6.07) is 13.4. The third-order valence-corrected chi connectivity index (χ3v) is 5.41. The summed E-state index contributed by atoms with van der Waals surface area (Å²) in [5, 5.41) is 0. The van der Waals surface area contributed by atoms with Crippen molar-refractivity contribution in [2.24, 2.45) is 0 Å². The zero-order valence-electron chi connectivity index (χ0n) is 18.9. The van der Waals surface area contributed by atoms with Crippen LogP contribution in [0.1, 0.15) is 59.6 Å². The molecular formula is C25H30FN3O3. The van der Waals surface area contributed by atoms with Gasteiger partial charge in [0.25, 0.3) is 11.8 Å². The molecule has 6 nitrogen and oxygen atoms in total. The monoisotopic (exact) mass is 439 g/mol. The normalized spacial score (nSPS) is 10.9. The molecule has 170 valence electrons. The predicted octanol–water partition coefficient (Wildman–Crippen LogP) is 4.80. The number of aromatic nitrogens is 1. The van der Waals surface area contributed by atoms with Gasteiger partial charge in [-0.2, -0.15) is 0 Å². The van der Waals surface area contributed by atoms with Crippen LogP contribution in [-0.4, -0.2) is 45.8 Å². The largest absolute Gasteiger partial charge is 0.454 e. The molecule has 0 spiro atoms. The van der Waals surface area contributed by atoms with E-state index in [1.165, 1.54) is 12.1 Å². The van der Waals surface area contributed by atoms with Gasteiger partial charge in [-0.3, -0.25) is 9.59 Å². The van der Waals surface area contributed by atoms with Crippen molar-refractivity contribution in [1.82, 2.24) is 14.4 Å². The summed E-state index contributed by atoms with van der Waals surface area (Å²) in [5.74, 6) is -0.00321. The van der Waals surface area contributed by atoms with Crippen molar-refractivity contribution < 1.29 is 18.4 Å². The summed E-state index contributed by atoms with van der Waals surface area (Å²) in [7, 11) is 0. The molecule has 0 saturated heterocycles. The summed E-state index contributed by atoms with van der Waals surface area (Å²) in [5.41, 5.74) is 0.973. The van der Waals surface area contributed by atoms with E-state index in [1.807, 2.05) is 43.7 Å². The Kier molecular flexibility index (Phi) is 7.87. The highest BCUT2D eigenvalue weighted by Gasteiger charge is 2.21. The molecule has 0 aliphatic carbocycles. The van der Waals surface area contributed by atoms with Crippen LogP contribution in [0.15, 0.2) is 59.1 Å². The minimum Gasteiger partial charge on any atom is -0.454 e. The van der Waals surface area contributed by atoms with Crippen molar-refractivity contribution in [3.8, 4) is 0 Å². The van der Waals surface area contributed by atoms with Crippen LogP contribution in [0.5, 0.6) is 0 Å². The summed E-state index contributed by atoms with van der Waals surface area (Å²) in [6.07, 6.45) is 2.66. The van der Waals surface area contributed by atoms with Crippen LogP contribution < -0.4 is 0 Å². The zero-order chi connectivity index (χ0) is 23.1. The molecule has 2 amide bonds. The first kappa shape index (κ1) is 23.3. The van der Waals surface area contributed by atoms with Gasteiger partial charge in [0.05, 0.1) is 18.7 Å². The van der Waals surface area contributed by atoms with E-state index in [-0.39, 0.29) is 17.4 Å². The van der Waals surface area contributed by atoms with E-state index in [4.69, 9.17) is 4.42 Å². The van der Waals surface area contributed by atoms with E-state index in [9.17, 15) is 14.0 Å². The molecule has 7 heteroatoms. The number of benzene rings is 1. The van der Waals surface area contributed by atoms with Crippen molar-refractivity contribution in [2.45, 2.75) is 40.3 Å². The molecule has 3 rings (SSSR count). The summed E-state index contributed by atoms with van der Waals surface area (Å²) >= 11 is 0. The molecule has 0 atom stereocenters. The highest BCUT2D eigenvalue weighted by Crippen LogP contribution is 2.17.